The van der Waals surface area contributed by atoms with Crippen molar-refractivity contribution in [2.45, 2.75) is 77.2 Å². The van der Waals surface area contributed by atoms with Crippen LogP contribution in [0.2, 0.25) is 0 Å². The molecule has 1 N–H and O–H groups in total. The van der Waals surface area contributed by atoms with Crippen LogP contribution in [-0.2, 0) is 11.2 Å². The molecule has 2 nitrogen and oxygen atoms in total. The van der Waals surface area contributed by atoms with Crippen molar-refractivity contribution in [2.24, 2.45) is 0 Å². The van der Waals surface area contributed by atoms with Crippen molar-refractivity contribution >= 4 is 0 Å². The fourth-order valence-corrected chi connectivity index (χ4v) is 3.28. The highest BCUT2D eigenvalue weighted by Gasteiger charge is 2.45. The molecule has 0 spiro atoms. The van der Waals surface area contributed by atoms with Crippen LogP contribution in [0.5, 0.6) is 0 Å². The monoisotopic (exact) mass is 275 g/mol. The molecule has 1 fully saturated rings. The van der Waals surface area contributed by atoms with Crippen molar-refractivity contribution in [1.29, 1.82) is 0 Å². The lowest BCUT2D eigenvalue weighted by atomic mass is 9.93. The van der Waals surface area contributed by atoms with Gasteiger partial charge in [-0.05, 0) is 59.4 Å². The van der Waals surface area contributed by atoms with Gasteiger partial charge >= 0.3 is 0 Å². The molecule has 1 aromatic carbocycles. The summed E-state index contributed by atoms with van der Waals surface area (Å²) in [6.45, 7) is 11.0. The third-order valence-electron chi connectivity index (χ3n) is 4.27. The molecule has 0 aromatic heterocycles. The van der Waals surface area contributed by atoms with E-state index in [-0.39, 0.29) is 11.2 Å². The van der Waals surface area contributed by atoms with Crippen molar-refractivity contribution in [3.05, 3.63) is 35.9 Å². The number of aryl methyl sites for hydroxylation is 1. The fourth-order valence-electron chi connectivity index (χ4n) is 3.28. The molecule has 1 saturated heterocycles. The fraction of sp³-hybridized carbons (Fsp3) is 0.667. The molecule has 2 atom stereocenters. The number of hydrogen-bond donors (Lipinski definition) is 1. The molecule has 1 aromatic rings. The Morgan fingerprint density at radius 2 is 1.85 bits per heavy atom. The van der Waals surface area contributed by atoms with Crippen LogP contribution in [0.25, 0.3) is 0 Å². The van der Waals surface area contributed by atoms with E-state index in [9.17, 15) is 0 Å². The molecule has 112 valence electrons. The number of benzene rings is 1. The summed E-state index contributed by atoms with van der Waals surface area (Å²) in [6, 6.07) is 11.7. The zero-order valence-corrected chi connectivity index (χ0v) is 13.6. The quantitative estimate of drug-likeness (QED) is 0.878. The van der Waals surface area contributed by atoms with E-state index in [0.29, 0.717) is 12.1 Å². The number of ether oxygens (including phenoxy) is 1. The molecule has 0 radical (unpaired) electrons. The second-order valence-corrected chi connectivity index (χ2v) is 7.31. The van der Waals surface area contributed by atoms with Crippen LogP contribution in [0.15, 0.2) is 30.3 Å². The van der Waals surface area contributed by atoms with Crippen LogP contribution in [-0.4, -0.2) is 23.3 Å². The van der Waals surface area contributed by atoms with Crippen LogP contribution >= 0.6 is 0 Å². The smallest absolute Gasteiger partial charge is 0.0787 e. The molecule has 0 aliphatic carbocycles. The van der Waals surface area contributed by atoms with Crippen LogP contribution in [0.3, 0.4) is 0 Å². The minimum atomic E-state index is -0.0789. The zero-order valence-electron chi connectivity index (χ0n) is 13.6. The summed E-state index contributed by atoms with van der Waals surface area (Å²) in [6.07, 6.45) is 3.37. The van der Waals surface area contributed by atoms with Gasteiger partial charge in [0.15, 0.2) is 0 Å². The van der Waals surface area contributed by atoms with Crippen molar-refractivity contribution in [3.63, 3.8) is 0 Å². The van der Waals surface area contributed by atoms with E-state index >= 15 is 0 Å². The van der Waals surface area contributed by atoms with E-state index in [2.05, 4.69) is 70.3 Å². The number of rotatable bonds is 5. The summed E-state index contributed by atoms with van der Waals surface area (Å²) in [4.78, 5) is 0. The Morgan fingerprint density at radius 3 is 2.40 bits per heavy atom. The SMILES string of the molecule is CC(CCc1ccccc1)NC1CC(C)(C)OC1(C)C. The molecule has 1 heterocycles. The van der Waals surface area contributed by atoms with Crippen molar-refractivity contribution in [1.82, 2.24) is 5.32 Å². The lowest BCUT2D eigenvalue weighted by molar-refractivity contribution is -0.0704. The third kappa shape index (κ3) is 4.07. The Morgan fingerprint density at radius 1 is 1.20 bits per heavy atom. The molecule has 1 aliphatic rings. The molecule has 2 unspecified atom stereocenters. The van der Waals surface area contributed by atoms with Crippen molar-refractivity contribution < 1.29 is 4.74 Å². The minimum Gasteiger partial charge on any atom is -0.368 e. The molecule has 0 bridgehead atoms. The summed E-state index contributed by atoms with van der Waals surface area (Å²) in [5.41, 5.74) is 1.33. The highest BCUT2D eigenvalue weighted by molar-refractivity contribution is 5.14. The van der Waals surface area contributed by atoms with E-state index < -0.39 is 0 Å². The summed E-state index contributed by atoms with van der Waals surface area (Å²) in [5.74, 6) is 0. The van der Waals surface area contributed by atoms with Crippen LogP contribution in [0.1, 0.15) is 53.0 Å². The molecular formula is C18H29NO. The van der Waals surface area contributed by atoms with Gasteiger partial charge in [0.1, 0.15) is 0 Å². The average molecular weight is 275 g/mol. The van der Waals surface area contributed by atoms with Gasteiger partial charge in [-0.1, -0.05) is 30.3 Å². The maximum Gasteiger partial charge on any atom is 0.0787 e. The van der Waals surface area contributed by atoms with Gasteiger partial charge in [0.25, 0.3) is 0 Å². The number of hydrogen-bond acceptors (Lipinski definition) is 2. The van der Waals surface area contributed by atoms with Gasteiger partial charge in [-0.2, -0.15) is 0 Å². The predicted octanol–water partition coefficient (Wildman–Crippen LogP) is 3.94. The second kappa shape index (κ2) is 5.87. The minimum absolute atomic E-state index is 0.0136. The highest BCUT2D eigenvalue weighted by Crippen LogP contribution is 2.37. The molecule has 20 heavy (non-hydrogen) atoms. The first-order valence-corrected chi connectivity index (χ1v) is 7.79. The van der Waals surface area contributed by atoms with Gasteiger partial charge in [-0.3, -0.25) is 0 Å². The van der Waals surface area contributed by atoms with E-state index in [4.69, 9.17) is 4.74 Å². The standard InChI is InChI=1S/C18H29NO/c1-14(11-12-15-9-7-6-8-10-15)19-16-13-17(2,3)20-18(16,4)5/h6-10,14,16,19H,11-13H2,1-5H3. The van der Waals surface area contributed by atoms with Gasteiger partial charge in [-0.15, -0.1) is 0 Å². The Balaban J connectivity index is 1.84. The molecule has 1 aliphatic heterocycles. The topological polar surface area (TPSA) is 21.3 Å². The van der Waals surface area contributed by atoms with Gasteiger partial charge < -0.3 is 10.1 Å². The largest absolute Gasteiger partial charge is 0.368 e. The van der Waals surface area contributed by atoms with Crippen molar-refractivity contribution in [3.8, 4) is 0 Å². The first kappa shape index (κ1) is 15.5. The van der Waals surface area contributed by atoms with Crippen molar-refractivity contribution in [2.75, 3.05) is 0 Å². The van der Waals surface area contributed by atoms with Crippen LogP contribution < -0.4 is 5.32 Å². The average Bonchev–Trinajstić information content (AvgIpc) is 2.56. The second-order valence-electron chi connectivity index (χ2n) is 7.31. The van der Waals surface area contributed by atoms with Gasteiger partial charge in [0.05, 0.1) is 11.2 Å². The Kier molecular flexibility index (Phi) is 4.55. The maximum absolute atomic E-state index is 6.15. The molecule has 0 amide bonds. The summed E-state index contributed by atoms with van der Waals surface area (Å²) in [5, 5.41) is 3.77. The third-order valence-corrected chi connectivity index (χ3v) is 4.27. The van der Waals surface area contributed by atoms with Gasteiger partial charge in [0.2, 0.25) is 0 Å². The van der Waals surface area contributed by atoms with E-state index in [0.717, 1.165) is 19.3 Å². The van der Waals surface area contributed by atoms with Crippen LogP contribution in [0.4, 0.5) is 0 Å². The molecule has 2 heteroatoms. The van der Waals surface area contributed by atoms with Gasteiger partial charge in [-0.25, -0.2) is 0 Å². The Bertz CT molecular complexity index is 424. The molecule has 0 saturated carbocycles. The van der Waals surface area contributed by atoms with Crippen LogP contribution in [0, 0.1) is 0 Å². The maximum atomic E-state index is 6.15. The summed E-state index contributed by atoms with van der Waals surface area (Å²) < 4.78 is 6.15. The lowest BCUT2D eigenvalue weighted by Crippen LogP contribution is -2.47. The van der Waals surface area contributed by atoms with E-state index in [1.165, 1.54) is 5.56 Å². The first-order chi connectivity index (χ1) is 9.28. The van der Waals surface area contributed by atoms with E-state index in [1.807, 2.05) is 0 Å². The Hall–Kier alpha value is -0.860. The lowest BCUT2D eigenvalue weighted by Gasteiger charge is -2.30. The Labute approximate surface area is 123 Å². The zero-order chi connectivity index (χ0) is 14.8. The summed E-state index contributed by atoms with van der Waals surface area (Å²) in [7, 11) is 0. The van der Waals surface area contributed by atoms with E-state index in [1.54, 1.807) is 0 Å². The summed E-state index contributed by atoms with van der Waals surface area (Å²) >= 11 is 0. The normalized spacial score (nSPS) is 25.6. The molecule has 2 rings (SSSR count). The molecular weight excluding hydrogens is 246 g/mol. The van der Waals surface area contributed by atoms with Gasteiger partial charge in [0, 0.05) is 12.1 Å². The highest BCUT2D eigenvalue weighted by atomic mass is 16.5. The first-order valence-electron chi connectivity index (χ1n) is 7.79. The predicted molar refractivity (Wildman–Crippen MR) is 85.0 cm³/mol. The number of nitrogens with one attached hydrogen (secondary N) is 1.